The van der Waals surface area contributed by atoms with E-state index in [4.69, 9.17) is 4.74 Å². The minimum atomic E-state index is -0.579. The Balaban J connectivity index is 1.07. The fraction of sp³-hybridized carbons (Fsp3) is 0.357. The van der Waals surface area contributed by atoms with E-state index < -0.39 is 5.97 Å². The first-order valence-electron chi connectivity index (χ1n) is 12.7. The quantitative estimate of drug-likeness (QED) is 0.258. The van der Waals surface area contributed by atoms with Gasteiger partial charge >= 0.3 is 5.97 Å². The van der Waals surface area contributed by atoms with Gasteiger partial charge in [0.2, 0.25) is 0 Å². The molecule has 0 unspecified atom stereocenters. The van der Waals surface area contributed by atoms with Crippen LogP contribution in [0.25, 0.3) is 5.65 Å². The van der Waals surface area contributed by atoms with E-state index in [1.54, 1.807) is 6.07 Å². The number of piperidine rings is 1. The number of anilines is 1. The normalized spacial score (nSPS) is 14.8. The van der Waals surface area contributed by atoms with Crippen molar-refractivity contribution >= 4 is 17.4 Å². The second-order valence-corrected chi connectivity index (χ2v) is 9.15. The number of aromatic nitrogens is 4. The van der Waals surface area contributed by atoms with E-state index in [0.29, 0.717) is 11.5 Å². The first-order chi connectivity index (χ1) is 18.2. The zero-order valence-electron chi connectivity index (χ0n) is 21.0. The van der Waals surface area contributed by atoms with E-state index in [2.05, 4.69) is 78.7 Å². The highest BCUT2D eigenvalue weighted by molar-refractivity contribution is 5.85. The van der Waals surface area contributed by atoms with E-state index in [1.807, 2.05) is 18.2 Å². The molecule has 37 heavy (non-hydrogen) atoms. The van der Waals surface area contributed by atoms with Crippen molar-refractivity contribution in [2.45, 2.75) is 31.5 Å². The second-order valence-electron chi connectivity index (χ2n) is 9.15. The number of rotatable bonds is 10. The van der Waals surface area contributed by atoms with Crippen LogP contribution in [0.15, 0.2) is 72.8 Å². The summed E-state index contributed by atoms with van der Waals surface area (Å²) in [5.74, 6) is 0.108. The number of nitrogens with zero attached hydrogens (tertiary/aromatic N) is 5. The third-order valence-electron chi connectivity index (χ3n) is 6.60. The number of hydrogen-bond donors (Lipinski definition) is 1. The van der Waals surface area contributed by atoms with Gasteiger partial charge in [0, 0.05) is 19.6 Å². The molecule has 0 radical (unpaired) electrons. The molecule has 0 amide bonds. The molecule has 0 spiro atoms. The summed E-state index contributed by atoms with van der Waals surface area (Å²) in [6.45, 7) is 3.86. The van der Waals surface area contributed by atoms with Gasteiger partial charge in [0.15, 0.2) is 5.65 Å². The zero-order valence-corrected chi connectivity index (χ0v) is 21.0. The van der Waals surface area contributed by atoms with Crippen LogP contribution in [0.5, 0.6) is 0 Å². The number of nitrogens with one attached hydrogen (secondary N) is 1. The lowest BCUT2D eigenvalue weighted by atomic mass is 10.00. The molecular formula is C28H32N6O3. The van der Waals surface area contributed by atoms with Crippen molar-refractivity contribution in [1.82, 2.24) is 24.7 Å². The van der Waals surface area contributed by atoms with Crippen molar-refractivity contribution in [3.63, 3.8) is 0 Å². The van der Waals surface area contributed by atoms with Crippen LogP contribution < -0.4 is 5.32 Å². The van der Waals surface area contributed by atoms with Crippen molar-refractivity contribution in [1.29, 1.82) is 0 Å². The van der Waals surface area contributed by atoms with Crippen molar-refractivity contribution in [2.75, 3.05) is 38.6 Å². The van der Waals surface area contributed by atoms with Crippen LogP contribution in [-0.2, 0) is 9.47 Å². The van der Waals surface area contributed by atoms with Crippen LogP contribution in [0.3, 0.4) is 0 Å². The average molecular weight is 501 g/mol. The summed E-state index contributed by atoms with van der Waals surface area (Å²) in [6, 6.07) is 24.6. The monoisotopic (exact) mass is 500 g/mol. The summed E-state index contributed by atoms with van der Waals surface area (Å²) >= 11 is 0. The predicted octanol–water partition coefficient (Wildman–Crippen LogP) is 3.98. The molecular weight excluding hydrogens is 468 g/mol. The topological polar surface area (TPSA) is 93.9 Å². The molecule has 4 aromatic rings. The maximum absolute atomic E-state index is 11.6. The maximum atomic E-state index is 11.6. The van der Waals surface area contributed by atoms with Crippen molar-refractivity contribution in [2.24, 2.45) is 0 Å². The molecule has 1 aliphatic rings. The molecule has 1 saturated heterocycles. The number of methoxy groups -OCH3 is 1. The van der Waals surface area contributed by atoms with Gasteiger partial charge in [0.1, 0.15) is 11.9 Å². The third kappa shape index (κ3) is 6.31. The highest BCUT2D eigenvalue weighted by Gasteiger charge is 2.24. The largest absolute Gasteiger partial charge is 0.463 e. The molecule has 9 heteroatoms. The number of likely N-dealkylation sites (tertiary alicyclic amines) is 1. The Morgan fingerprint density at radius 1 is 0.973 bits per heavy atom. The molecule has 2 aromatic carbocycles. The van der Waals surface area contributed by atoms with E-state index in [-0.39, 0.29) is 18.0 Å². The van der Waals surface area contributed by atoms with Gasteiger partial charge in [-0.3, -0.25) is 0 Å². The van der Waals surface area contributed by atoms with Crippen LogP contribution in [0.2, 0.25) is 0 Å². The Kier molecular flexibility index (Phi) is 8.02. The summed E-state index contributed by atoms with van der Waals surface area (Å²) in [6.07, 6.45) is 3.25. The van der Waals surface area contributed by atoms with Crippen molar-refractivity contribution < 1.29 is 14.3 Å². The molecule has 1 N–H and O–H groups in total. The number of esters is 1. The van der Waals surface area contributed by atoms with E-state index in [1.165, 1.54) is 22.9 Å². The van der Waals surface area contributed by atoms with Gasteiger partial charge < -0.3 is 19.7 Å². The highest BCUT2D eigenvalue weighted by Crippen LogP contribution is 2.30. The SMILES string of the molecule is COC(=O)c1nc2ccc(NCCCN3CCC(OC(c4ccccc4)c4ccccc4)CC3)nn2n1. The van der Waals surface area contributed by atoms with E-state index >= 15 is 0 Å². The predicted molar refractivity (Wildman–Crippen MR) is 141 cm³/mol. The molecule has 3 heterocycles. The van der Waals surface area contributed by atoms with Gasteiger partial charge in [0.05, 0.1) is 13.2 Å². The van der Waals surface area contributed by atoms with Crippen LogP contribution in [0.4, 0.5) is 5.82 Å². The minimum Gasteiger partial charge on any atom is -0.463 e. The van der Waals surface area contributed by atoms with Crippen molar-refractivity contribution in [3.05, 3.63) is 89.7 Å². The average Bonchev–Trinajstić information content (AvgIpc) is 3.39. The summed E-state index contributed by atoms with van der Waals surface area (Å²) in [4.78, 5) is 18.2. The smallest absolute Gasteiger partial charge is 0.378 e. The number of carbonyl (C=O) groups excluding carboxylic acids is 1. The van der Waals surface area contributed by atoms with Crippen LogP contribution in [0.1, 0.15) is 47.1 Å². The van der Waals surface area contributed by atoms with Gasteiger partial charge in [0.25, 0.3) is 5.82 Å². The first kappa shape index (κ1) is 24.9. The summed E-state index contributed by atoms with van der Waals surface area (Å²) in [5, 5.41) is 11.8. The Labute approximate surface area is 216 Å². The number of ether oxygens (including phenoxy) is 2. The molecule has 0 saturated carbocycles. The zero-order chi connectivity index (χ0) is 25.5. The Morgan fingerprint density at radius 2 is 1.65 bits per heavy atom. The van der Waals surface area contributed by atoms with E-state index in [0.717, 1.165) is 45.4 Å². The van der Waals surface area contributed by atoms with Gasteiger partial charge in [-0.2, -0.15) is 4.98 Å². The minimum absolute atomic E-state index is 0.00149. The molecule has 9 nitrogen and oxygen atoms in total. The number of fused-ring (bicyclic) bond motifs is 1. The lowest BCUT2D eigenvalue weighted by Crippen LogP contribution is -2.38. The molecule has 1 fully saturated rings. The third-order valence-corrected chi connectivity index (χ3v) is 6.60. The van der Waals surface area contributed by atoms with Crippen LogP contribution in [-0.4, -0.2) is 70.1 Å². The summed E-state index contributed by atoms with van der Waals surface area (Å²) in [7, 11) is 1.30. The summed E-state index contributed by atoms with van der Waals surface area (Å²) in [5.41, 5.74) is 2.89. The molecule has 192 valence electrons. The molecule has 5 rings (SSSR count). The maximum Gasteiger partial charge on any atom is 0.378 e. The van der Waals surface area contributed by atoms with Gasteiger partial charge in [-0.1, -0.05) is 60.7 Å². The molecule has 1 aliphatic heterocycles. The first-order valence-corrected chi connectivity index (χ1v) is 12.7. The number of hydrogen-bond acceptors (Lipinski definition) is 8. The molecule has 0 bridgehead atoms. The standard InChI is InChI=1S/C28H32N6O3/c1-36-28(35)27-30-25-14-13-24(31-34(25)32-27)29-17-8-18-33-19-15-23(16-20-33)37-26(21-9-4-2-5-10-21)22-11-6-3-7-12-22/h2-7,9-14,23,26H,8,15-20H2,1H3,(H,29,31). The summed E-state index contributed by atoms with van der Waals surface area (Å²) < 4.78 is 12.7. The Hall–Kier alpha value is -3.82. The molecule has 2 aromatic heterocycles. The van der Waals surface area contributed by atoms with Gasteiger partial charge in [-0.15, -0.1) is 14.8 Å². The Bertz CT molecular complexity index is 1250. The van der Waals surface area contributed by atoms with Gasteiger partial charge in [-0.25, -0.2) is 4.79 Å². The van der Waals surface area contributed by atoms with Crippen LogP contribution in [0, 0.1) is 0 Å². The van der Waals surface area contributed by atoms with E-state index in [9.17, 15) is 4.79 Å². The Morgan fingerprint density at radius 3 is 2.30 bits per heavy atom. The molecule has 0 atom stereocenters. The second kappa shape index (κ2) is 11.9. The lowest BCUT2D eigenvalue weighted by molar-refractivity contribution is -0.0269. The number of carbonyl (C=O) groups is 1. The van der Waals surface area contributed by atoms with Gasteiger partial charge in [-0.05, 0) is 49.1 Å². The van der Waals surface area contributed by atoms with Crippen molar-refractivity contribution in [3.8, 4) is 0 Å². The fourth-order valence-corrected chi connectivity index (χ4v) is 4.64. The fourth-order valence-electron chi connectivity index (χ4n) is 4.64. The lowest BCUT2D eigenvalue weighted by Gasteiger charge is -2.34. The van der Waals surface area contributed by atoms with Crippen LogP contribution >= 0.6 is 0 Å². The number of benzene rings is 2. The highest BCUT2D eigenvalue weighted by atomic mass is 16.5. The molecule has 0 aliphatic carbocycles.